The summed E-state index contributed by atoms with van der Waals surface area (Å²) in [6.07, 6.45) is 0.846. The van der Waals surface area contributed by atoms with Crippen molar-refractivity contribution < 1.29 is 4.79 Å². The van der Waals surface area contributed by atoms with Gasteiger partial charge in [-0.15, -0.1) is 0 Å². The number of benzene rings is 2. The zero-order valence-corrected chi connectivity index (χ0v) is 16.9. The second-order valence-electron chi connectivity index (χ2n) is 7.15. The van der Waals surface area contributed by atoms with Gasteiger partial charge in [0.05, 0.1) is 17.9 Å². The first kappa shape index (κ1) is 19.8. The molecule has 0 saturated heterocycles. The SMILES string of the molecule is Cc1nn(-c2ccccc2)c(C)c1CN(C)CC(=O)NCCc1ccccc1. The molecule has 3 aromatic rings. The van der Waals surface area contributed by atoms with Crippen LogP contribution in [0.15, 0.2) is 60.7 Å². The van der Waals surface area contributed by atoms with Gasteiger partial charge in [-0.25, -0.2) is 4.68 Å². The molecule has 5 heteroatoms. The Kier molecular flexibility index (Phi) is 6.61. The first-order valence-electron chi connectivity index (χ1n) is 9.64. The highest BCUT2D eigenvalue weighted by atomic mass is 16.2. The summed E-state index contributed by atoms with van der Waals surface area (Å²) < 4.78 is 1.97. The van der Waals surface area contributed by atoms with Gasteiger partial charge < -0.3 is 5.32 Å². The molecule has 5 nitrogen and oxygen atoms in total. The number of nitrogens with one attached hydrogen (secondary N) is 1. The lowest BCUT2D eigenvalue weighted by molar-refractivity contribution is -0.122. The van der Waals surface area contributed by atoms with E-state index in [9.17, 15) is 4.79 Å². The minimum Gasteiger partial charge on any atom is -0.355 e. The average Bonchev–Trinajstić information content (AvgIpc) is 2.97. The highest BCUT2D eigenvalue weighted by Gasteiger charge is 2.15. The maximum Gasteiger partial charge on any atom is 0.234 e. The molecule has 1 aromatic heterocycles. The van der Waals surface area contributed by atoms with E-state index in [1.165, 1.54) is 11.1 Å². The van der Waals surface area contributed by atoms with Crippen molar-refractivity contribution in [3.05, 3.63) is 83.2 Å². The quantitative estimate of drug-likeness (QED) is 0.656. The van der Waals surface area contributed by atoms with Gasteiger partial charge in [0.25, 0.3) is 0 Å². The Morgan fingerprint density at radius 2 is 1.68 bits per heavy atom. The highest BCUT2D eigenvalue weighted by Crippen LogP contribution is 2.19. The minimum absolute atomic E-state index is 0.0455. The molecule has 2 aromatic carbocycles. The second kappa shape index (κ2) is 9.33. The molecule has 0 fully saturated rings. The van der Waals surface area contributed by atoms with E-state index in [2.05, 4.69) is 29.5 Å². The van der Waals surface area contributed by atoms with E-state index < -0.39 is 0 Å². The number of nitrogens with zero attached hydrogens (tertiary/aromatic N) is 3. The number of carbonyl (C=O) groups excluding carboxylic acids is 1. The van der Waals surface area contributed by atoms with Crippen LogP contribution in [0.2, 0.25) is 0 Å². The summed E-state index contributed by atoms with van der Waals surface area (Å²) in [6.45, 7) is 5.81. The summed E-state index contributed by atoms with van der Waals surface area (Å²) in [7, 11) is 1.97. The summed E-state index contributed by atoms with van der Waals surface area (Å²) >= 11 is 0. The van der Waals surface area contributed by atoms with Crippen LogP contribution < -0.4 is 5.32 Å². The molecule has 28 heavy (non-hydrogen) atoms. The zero-order chi connectivity index (χ0) is 19.9. The van der Waals surface area contributed by atoms with Gasteiger partial charge in [0.15, 0.2) is 0 Å². The average molecular weight is 377 g/mol. The molecule has 0 aliphatic carbocycles. The van der Waals surface area contributed by atoms with Crippen LogP contribution in [-0.4, -0.2) is 40.7 Å². The predicted molar refractivity (Wildman–Crippen MR) is 113 cm³/mol. The largest absolute Gasteiger partial charge is 0.355 e. The Morgan fingerprint density at radius 1 is 1.04 bits per heavy atom. The third kappa shape index (κ3) is 5.08. The van der Waals surface area contributed by atoms with Crippen molar-refractivity contribution in [3.63, 3.8) is 0 Å². The van der Waals surface area contributed by atoms with Gasteiger partial charge in [-0.3, -0.25) is 9.69 Å². The number of amides is 1. The lowest BCUT2D eigenvalue weighted by Gasteiger charge is -2.17. The van der Waals surface area contributed by atoms with Crippen LogP contribution in [0.4, 0.5) is 0 Å². The van der Waals surface area contributed by atoms with Crippen LogP contribution in [0.1, 0.15) is 22.5 Å². The Morgan fingerprint density at radius 3 is 2.36 bits per heavy atom. The van der Waals surface area contributed by atoms with Crippen molar-refractivity contribution in [3.8, 4) is 5.69 Å². The fourth-order valence-corrected chi connectivity index (χ4v) is 3.34. The molecule has 0 spiro atoms. The predicted octanol–water partition coefficient (Wildman–Crippen LogP) is 3.28. The van der Waals surface area contributed by atoms with E-state index in [1.807, 2.05) is 72.1 Å². The number of aryl methyl sites for hydroxylation is 1. The van der Waals surface area contributed by atoms with Crippen molar-refractivity contribution in [2.24, 2.45) is 0 Å². The van der Waals surface area contributed by atoms with Crippen molar-refractivity contribution in [2.75, 3.05) is 20.1 Å². The van der Waals surface area contributed by atoms with E-state index >= 15 is 0 Å². The van der Waals surface area contributed by atoms with Gasteiger partial charge in [-0.2, -0.15) is 5.10 Å². The molecule has 0 aliphatic heterocycles. The molecule has 0 atom stereocenters. The van der Waals surface area contributed by atoms with E-state index in [0.717, 1.165) is 23.5 Å². The topological polar surface area (TPSA) is 50.2 Å². The van der Waals surface area contributed by atoms with Crippen LogP contribution >= 0.6 is 0 Å². The molecule has 1 heterocycles. The summed E-state index contributed by atoms with van der Waals surface area (Å²) in [5.74, 6) is 0.0455. The van der Waals surface area contributed by atoms with Gasteiger partial charge in [-0.1, -0.05) is 48.5 Å². The summed E-state index contributed by atoms with van der Waals surface area (Å²) in [5, 5.41) is 7.69. The minimum atomic E-state index is 0.0455. The van der Waals surface area contributed by atoms with Crippen molar-refractivity contribution in [1.29, 1.82) is 0 Å². The molecule has 0 unspecified atom stereocenters. The van der Waals surface area contributed by atoms with Crippen LogP contribution in [0.5, 0.6) is 0 Å². The summed E-state index contributed by atoms with van der Waals surface area (Å²) in [4.78, 5) is 14.3. The number of rotatable bonds is 8. The normalized spacial score (nSPS) is 11.0. The highest BCUT2D eigenvalue weighted by molar-refractivity contribution is 5.77. The number of aromatic nitrogens is 2. The van der Waals surface area contributed by atoms with Gasteiger partial charge in [0.1, 0.15) is 0 Å². The first-order valence-corrected chi connectivity index (χ1v) is 9.64. The standard InChI is InChI=1S/C23H28N4O/c1-18-22(19(2)27(25-18)21-12-8-5-9-13-21)16-26(3)17-23(28)24-15-14-20-10-6-4-7-11-20/h4-13H,14-17H2,1-3H3,(H,24,28). The molecular formula is C23H28N4O. The first-order chi connectivity index (χ1) is 13.5. The van der Waals surface area contributed by atoms with E-state index in [0.29, 0.717) is 19.6 Å². The Bertz CT molecular complexity index is 903. The lowest BCUT2D eigenvalue weighted by atomic mass is 10.1. The molecular weight excluding hydrogens is 348 g/mol. The van der Waals surface area contributed by atoms with Gasteiger partial charge in [-0.05, 0) is 45.0 Å². The number of hydrogen-bond acceptors (Lipinski definition) is 3. The Hall–Kier alpha value is -2.92. The maximum atomic E-state index is 12.3. The van der Waals surface area contributed by atoms with E-state index in [1.54, 1.807) is 0 Å². The van der Waals surface area contributed by atoms with Crippen LogP contribution in [-0.2, 0) is 17.8 Å². The molecule has 1 N–H and O–H groups in total. The fraction of sp³-hybridized carbons (Fsp3) is 0.304. The Balaban J connectivity index is 1.54. The third-order valence-electron chi connectivity index (χ3n) is 4.86. The smallest absolute Gasteiger partial charge is 0.234 e. The molecule has 0 aliphatic rings. The molecule has 3 rings (SSSR count). The fourth-order valence-electron chi connectivity index (χ4n) is 3.34. The number of carbonyl (C=O) groups is 1. The van der Waals surface area contributed by atoms with E-state index in [4.69, 9.17) is 0 Å². The van der Waals surface area contributed by atoms with Gasteiger partial charge >= 0.3 is 0 Å². The van der Waals surface area contributed by atoms with Crippen LogP contribution in [0, 0.1) is 13.8 Å². The number of hydrogen-bond donors (Lipinski definition) is 1. The van der Waals surface area contributed by atoms with Crippen molar-refractivity contribution in [2.45, 2.75) is 26.8 Å². The molecule has 0 saturated carbocycles. The van der Waals surface area contributed by atoms with Crippen LogP contribution in [0.3, 0.4) is 0 Å². The molecule has 0 radical (unpaired) electrons. The summed E-state index contributed by atoms with van der Waals surface area (Å²) in [6, 6.07) is 20.3. The molecule has 0 bridgehead atoms. The van der Waals surface area contributed by atoms with Gasteiger partial charge in [0, 0.05) is 24.3 Å². The van der Waals surface area contributed by atoms with Crippen molar-refractivity contribution in [1.82, 2.24) is 20.0 Å². The second-order valence-corrected chi connectivity index (χ2v) is 7.15. The summed E-state index contributed by atoms with van der Waals surface area (Å²) in [5.41, 5.74) is 5.56. The van der Waals surface area contributed by atoms with Gasteiger partial charge in [0.2, 0.25) is 5.91 Å². The number of likely N-dealkylation sites (N-methyl/N-ethyl adjacent to an activating group) is 1. The van der Waals surface area contributed by atoms with E-state index in [-0.39, 0.29) is 5.91 Å². The molecule has 1 amide bonds. The van der Waals surface area contributed by atoms with Crippen molar-refractivity contribution >= 4 is 5.91 Å². The maximum absolute atomic E-state index is 12.3. The zero-order valence-electron chi connectivity index (χ0n) is 16.9. The molecule has 146 valence electrons. The monoisotopic (exact) mass is 376 g/mol. The third-order valence-corrected chi connectivity index (χ3v) is 4.86. The Labute approximate surface area is 167 Å². The number of para-hydroxylation sites is 1. The lowest BCUT2D eigenvalue weighted by Crippen LogP contribution is -2.36. The van der Waals surface area contributed by atoms with Crippen LogP contribution in [0.25, 0.3) is 5.69 Å².